The van der Waals surface area contributed by atoms with E-state index in [2.05, 4.69) is 95.6 Å². The van der Waals surface area contributed by atoms with E-state index in [0.717, 1.165) is 0 Å². The Morgan fingerprint density at radius 3 is 2.07 bits per heavy atom. The molecule has 0 aliphatic rings. The SMILES string of the molecule is CCC(Br)OC(=O)C(=C(Br)Br)C(Br)(Br)Br. The van der Waals surface area contributed by atoms with Gasteiger partial charge in [0.2, 0.25) is 0 Å². The lowest BCUT2D eigenvalue weighted by atomic mass is 10.3. The minimum atomic E-state index is -0.827. The van der Waals surface area contributed by atoms with Crippen molar-refractivity contribution < 1.29 is 9.53 Å². The number of esters is 1. The molecule has 0 N–H and O–H groups in total. The van der Waals surface area contributed by atoms with E-state index < -0.39 is 8.11 Å². The van der Waals surface area contributed by atoms with Crippen LogP contribution in [0.4, 0.5) is 0 Å². The highest BCUT2D eigenvalue weighted by atomic mass is 80.0. The molecule has 0 saturated carbocycles. The summed E-state index contributed by atoms with van der Waals surface area (Å²) in [5, 5.41) is -0.297. The van der Waals surface area contributed by atoms with Gasteiger partial charge in [0, 0.05) is 0 Å². The molecule has 0 saturated heterocycles. The minimum Gasteiger partial charge on any atom is -0.447 e. The molecule has 8 heteroatoms. The summed E-state index contributed by atoms with van der Waals surface area (Å²) < 4.78 is 4.79. The third-order valence-electron chi connectivity index (χ3n) is 1.23. The van der Waals surface area contributed by atoms with E-state index >= 15 is 0 Å². The largest absolute Gasteiger partial charge is 0.447 e. The predicted octanol–water partition coefficient (Wildman–Crippen LogP) is 5.50. The molecule has 0 heterocycles. The standard InChI is InChI=1S/C7H6Br6O2/c1-2-3(8)15-6(14)4(5(9)10)7(11,12)13/h3H,2H2,1H3. The van der Waals surface area contributed by atoms with Crippen LogP contribution >= 0.6 is 95.6 Å². The minimum absolute atomic E-state index is 0.297. The Morgan fingerprint density at radius 1 is 1.33 bits per heavy atom. The second-order valence-corrected chi connectivity index (χ2v) is 12.8. The molecule has 1 unspecified atom stereocenters. The van der Waals surface area contributed by atoms with Gasteiger partial charge in [0.25, 0.3) is 0 Å². The maximum atomic E-state index is 11.7. The van der Waals surface area contributed by atoms with Crippen LogP contribution in [0.5, 0.6) is 0 Å². The molecule has 0 aromatic heterocycles. The van der Waals surface area contributed by atoms with Gasteiger partial charge in [-0.15, -0.1) is 0 Å². The van der Waals surface area contributed by atoms with E-state index in [1.807, 2.05) is 6.92 Å². The van der Waals surface area contributed by atoms with Gasteiger partial charge in [-0.05, 0) is 54.2 Å². The molecule has 15 heavy (non-hydrogen) atoms. The predicted molar refractivity (Wildman–Crippen MR) is 83.5 cm³/mol. The van der Waals surface area contributed by atoms with Crippen LogP contribution in [0.2, 0.25) is 0 Å². The normalized spacial score (nSPS) is 13.3. The first-order chi connectivity index (χ1) is 6.70. The molecule has 0 aromatic carbocycles. The van der Waals surface area contributed by atoms with E-state index in [4.69, 9.17) is 4.74 Å². The monoisotopic (exact) mass is 596 g/mol. The van der Waals surface area contributed by atoms with Crippen molar-refractivity contribution in [3.05, 3.63) is 8.96 Å². The molecular weight excluding hydrogens is 595 g/mol. The molecule has 0 aliphatic carbocycles. The number of carbonyl (C=O) groups excluding carboxylic acids is 1. The zero-order valence-electron chi connectivity index (χ0n) is 7.37. The molecule has 0 amide bonds. The van der Waals surface area contributed by atoms with Gasteiger partial charge in [0.05, 0.1) is 8.96 Å². The van der Waals surface area contributed by atoms with Crippen molar-refractivity contribution in [2.45, 2.75) is 20.5 Å². The van der Waals surface area contributed by atoms with Gasteiger partial charge in [0.1, 0.15) is 0 Å². The summed E-state index contributed by atoms with van der Waals surface area (Å²) >= 11 is 19.3. The number of rotatable bonds is 3. The summed E-state index contributed by atoms with van der Waals surface area (Å²) in [4.78, 5) is 11.7. The van der Waals surface area contributed by atoms with E-state index in [1.165, 1.54) is 0 Å². The van der Waals surface area contributed by atoms with Gasteiger partial charge in [-0.1, -0.05) is 54.7 Å². The van der Waals surface area contributed by atoms with Crippen molar-refractivity contribution in [1.82, 2.24) is 0 Å². The molecule has 0 spiro atoms. The first-order valence-electron chi connectivity index (χ1n) is 3.67. The molecule has 0 fully saturated rings. The van der Waals surface area contributed by atoms with Crippen molar-refractivity contribution in [2.24, 2.45) is 0 Å². The average Bonchev–Trinajstić information content (AvgIpc) is 1.99. The Balaban J connectivity index is 4.85. The molecular formula is C7H6Br6O2. The quantitative estimate of drug-likeness (QED) is 0.243. The van der Waals surface area contributed by atoms with Crippen molar-refractivity contribution in [1.29, 1.82) is 0 Å². The highest BCUT2D eigenvalue weighted by Crippen LogP contribution is 2.45. The molecule has 0 bridgehead atoms. The van der Waals surface area contributed by atoms with Crippen LogP contribution in [-0.4, -0.2) is 13.1 Å². The molecule has 0 aliphatic heterocycles. The zero-order valence-corrected chi connectivity index (χ0v) is 16.9. The highest BCUT2D eigenvalue weighted by molar-refractivity contribution is 9.39. The van der Waals surface area contributed by atoms with E-state index in [9.17, 15) is 4.79 Å². The first kappa shape index (κ1) is 17.1. The maximum Gasteiger partial charge on any atom is 0.340 e. The van der Waals surface area contributed by atoms with Crippen molar-refractivity contribution in [3.63, 3.8) is 0 Å². The number of hydrogen-bond donors (Lipinski definition) is 0. The Bertz CT molecular complexity index is 265. The lowest BCUT2D eigenvalue weighted by molar-refractivity contribution is -0.140. The van der Waals surface area contributed by atoms with Crippen molar-refractivity contribution in [3.8, 4) is 0 Å². The fourth-order valence-electron chi connectivity index (χ4n) is 0.558. The molecule has 2 nitrogen and oxygen atoms in total. The number of hydrogen-bond acceptors (Lipinski definition) is 2. The van der Waals surface area contributed by atoms with Gasteiger partial charge >= 0.3 is 5.97 Å². The summed E-state index contributed by atoms with van der Waals surface area (Å²) in [5.41, 5.74) is 0.348. The van der Waals surface area contributed by atoms with Gasteiger partial charge in [-0.3, -0.25) is 0 Å². The summed E-state index contributed by atoms with van der Waals surface area (Å²) in [5.74, 6) is -0.451. The fourth-order valence-corrected chi connectivity index (χ4v) is 4.32. The van der Waals surface area contributed by atoms with E-state index in [-0.39, 0.29) is 5.01 Å². The van der Waals surface area contributed by atoms with Crippen LogP contribution in [0.1, 0.15) is 13.3 Å². The van der Waals surface area contributed by atoms with Crippen LogP contribution in [-0.2, 0) is 9.53 Å². The first-order valence-corrected chi connectivity index (χ1v) is 8.55. The summed E-state index contributed by atoms with van der Waals surface area (Å²) in [6, 6.07) is 0. The lowest BCUT2D eigenvalue weighted by Crippen LogP contribution is -2.21. The number of alkyl halides is 4. The molecule has 1 atom stereocenters. The Hall–Kier alpha value is 2.09. The van der Waals surface area contributed by atoms with Crippen LogP contribution in [0.25, 0.3) is 0 Å². The molecule has 0 radical (unpaired) electrons. The highest BCUT2D eigenvalue weighted by Gasteiger charge is 2.34. The fraction of sp³-hybridized carbons (Fsp3) is 0.571. The topological polar surface area (TPSA) is 26.3 Å². The maximum absolute atomic E-state index is 11.7. The zero-order chi connectivity index (χ0) is 12.2. The average molecular weight is 602 g/mol. The van der Waals surface area contributed by atoms with Crippen LogP contribution in [0.3, 0.4) is 0 Å². The third-order valence-corrected chi connectivity index (χ3v) is 4.05. The van der Waals surface area contributed by atoms with Gasteiger partial charge in [0.15, 0.2) is 7.16 Å². The Morgan fingerprint density at radius 2 is 1.80 bits per heavy atom. The van der Waals surface area contributed by atoms with Crippen molar-refractivity contribution in [2.75, 3.05) is 0 Å². The van der Waals surface area contributed by atoms with E-state index in [0.29, 0.717) is 15.4 Å². The number of carbonyl (C=O) groups is 1. The third kappa shape index (κ3) is 6.55. The van der Waals surface area contributed by atoms with Crippen LogP contribution < -0.4 is 0 Å². The second kappa shape index (κ2) is 7.51. The van der Waals surface area contributed by atoms with Crippen LogP contribution in [0, 0.1) is 0 Å². The summed E-state index contributed by atoms with van der Waals surface area (Å²) in [6.07, 6.45) is 0.693. The van der Waals surface area contributed by atoms with Crippen LogP contribution in [0.15, 0.2) is 8.96 Å². The second-order valence-electron chi connectivity index (χ2n) is 2.36. The molecule has 0 aromatic rings. The lowest BCUT2D eigenvalue weighted by Gasteiger charge is -2.18. The molecule has 0 rings (SSSR count). The van der Waals surface area contributed by atoms with Gasteiger partial charge < -0.3 is 4.74 Å². The van der Waals surface area contributed by atoms with Crippen molar-refractivity contribution >= 4 is 102 Å². The summed E-state index contributed by atoms with van der Waals surface area (Å²) in [7, 11) is 0. The molecule has 88 valence electrons. The van der Waals surface area contributed by atoms with Gasteiger partial charge in [-0.25, -0.2) is 4.79 Å². The summed E-state index contributed by atoms with van der Waals surface area (Å²) in [6.45, 7) is 1.91. The number of ether oxygens (including phenoxy) is 1. The number of halogens is 6. The Labute approximate surface area is 139 Å². The van der Waals surface area contributed by atoms with E-state index in [1.54, 1.807) is 0 Å². The van der Waals surface area contributed by atoms with Gasteiger partial charge in [-0.2, -0.15) is 0 Å². The smallest absolute Gasteiger partial charge is 0.340 e. The Kier molecular flexibility index (Phi) is 8.55.